The first-order chi connectivity index (χ1) is 8.56. The Kier molecular flexibility index (Phi) is 3.93. The van der Waals surface area contributed by atoms with Crippen LogP contribution in [0.5, 0.6) is 5.75 Å². The molecular weight excluding hydrogens is 253 g/mol. The summed E-state index contributed by atoms with van der Waals surface area (Å²) in [5.74, 6) is -0.278. The van der Waals surface area contributed by atoms with Gasteiger partial charge in [0.1, 0.15) is 6.61 Å². The minimum Gasteiger partial charge on any atom is -0.485 e. The second-order valence-electron chi connectivity index (χ2n) is 4.00. The average molecular weight is 267 g/mol. The lowest BCUT2D eigenvalue weighted by Crippen LogP contribution is -1.98. The van der Waals surface area contributed by atoms with Crippen molar-refractivity contribution in [3.63, 3.8) is 0 Å². The Hall–Kier alpha value is -1.46. The summed E-state index contributed by atoms with van der Waals surface area (Å²) in [6, 6.07) is 4.48. The Labute approximate surface area is 109 Å². The number of benzene rings is 1. The van der Waals surface area contributed by atoms with Crippen molar-refractivity contribution in [2.75, 3.05) is 0 Å². The van der Waals surface area contributed by atoms with E-state index >= 15 is 0 Å². The molecule has 1 atom stereocenters. The Morgan fingerprint density at radius 1 is 1.50 bits per heavy atom. The van der Waals surface area contributed by atoms with Crippen LogP contribution in [0.15, 0.2) is 24.4 Å². The van der Waals surface area contributed by atoms with Crippen molar-refractivity contribution in [2.45, 2.75) is 26.6 Å². The van der Waals surface area contributed by atoms with Crippen LogP contribution in [0.4, 0.5) is 4.39 Å². The highest BCUT2D eigenvalue weighted by molar-refractivity contribution is 7.11. The minimum absolute atomic E-state index is 0.186. The van der Waals surface area contributed by atoms with Crippen molar-refractivity contribution in [3.05, 3.63) is 45.7 Å². The number of thiazole rings is 1. The molecule has 1 aromatic carbocycles. The fourth-order valence-corrected chi connectivity index (χ4v) is 2.22. The monoisotopic (exact) mass is 267 g/mol. The summed E-state index contributed by atoms with van der Waals surface area (Å²) in [5.41, 5.74) is 0.536. The van der Waals surface area contributed by atoms with Gasteiger partial charge in [-0.3, -0.25) is 0 Å². The molecule has 1 aromatic heterocycles. The smallest absolute Gasteiger partial charge is 0.165 e. The van der Waals surface area contributed by atoms with Gasteiger partial charge in [-0.15, -0.1) is 11.3 Å². The number of hydrogen-bond donors (Lipinski definition) is 1. The molecule has 1 heterocycles. The molecule has 0 radical (unpaired) electrons. The van der Waals surface area contributed by atoms with Crippen molar-refractivity contribution in [2.24, 2.45) is 0 Å². The molecule has 0 aliphatic rings. The van der Waals surface area contributed by atoms with E-state index in [2.05, 4.69) is 4.98 Å². The van der Waals surface area contributed by atoms with Crippen molar-refractivity contribution in [3.8, 4) is 5.75 Å². The van der Waals surface area contributed by atoms with Crippen LogP contribution >= 0.6 is 11.3 Å². The van der Waals surface area contributed by atoms with Crippen LogP contribution < -0.4 is 4.74 Å². The number of aryl methyl sites for hydroxylation is 1. The second-order valence-corrected chi connectivity index (χ2v) is 5.32. The van der Waals surface area contributed by atoms with Gasteiger partial charge in [0.25, 0.3) is 0 Å². The van der Waals surface area contributed by atoms with E-state index in [4.69, 9.17) is 4.74 Å². The van der Waals surface area contributed by atoms with Gasteiger partial charge in [0.2, 0.25) is 0 Å². The van der Waals surface area contributed by atoms with Gasteiger partial charge in [-0.2, -0.15) is 0 Å². The summed E-state index contributed by atoms with van der Waals surface area (Å²) in [7, 11) is 0. The molecule has 2 aromatic rings. The van der Waals surface area contributed by atoms with Crippen LogP contribution in [0.3, 0.4) is 0 Å². The number of halogens is 1. The molecule has 0 aliphatic carbocycles. The zero-order valence-electron chi connectivity index (χ0n) is 10.2. The summed E-state index contributed by atoms with van der Waals surface area (Å²) >= 11 is 1.52. The molecule has 0 fully saturated rings. The highest BCUT2D eigenvalue weighted by atomic mass is 32.1. The first kappa shape index (κ1) is 13.0. The molecule has 96 valence electrons. The lowest BCUT2D eigenvalue weighted by atomic mass is 10.1. The van der Waals surface area contributed by atoms with E-state index in [-0.39, 0.29) is 5.75 Å². The lowest BCUT2D eigenvalue weighted by molar-refractivity contribution is 0.198. The third kappa shape index (κ3) is 3.05. The number of nitrogens with zero attached hydrogens (tertiary/aromatic N) is 1. The van der Waals surface area contributed by atoms with Gasteiger partial charge in [-0.25, -0.2) is 9.37 Å². The van der Waals surface area contributed by atoms with E-state index in [1.54, 1.807) is 19.2 Å². The van der Waals surface area contributed by atoms with E-state index in [1.807, 2.05) is 6.92 Å². The SMILES string of the molecule is Cc1ncc(COc2ccc([C@H](C)O)cc2F)s1. The molecule has 18 heavy (non-hydrogen) atoms. The maximum atomic E-state index is 13.7. The first-order valence-corrected chi connectivity index (χ1v) is 6.39. The quantitative estimate of drug-likeness (QED) is 0.924. The van der Waals surface area contributed by atoms with Gasteiger partial charge in [0, 0.05) is 6.20 Å². The van der Waals surface area contributed by atoms with Crippen LogP contribution in [0.2, 0.25) is 0 Å². The van der Waals surface area contributed by atoms with E-state index < -0.39 is 11.9 Å². The van der Waals surface area contributed by atoms with Crippen LogP contribution in [0.1, 0.15) is 28.5 Å². The molecule has 2 rings (SSSR count). The molecule has 0 spiro atoms. The van der Waals surface area contributed by atoms with Crippen molar-refractivity contribution < 1.29 is 14.2 Å². The van der Waals surface area contributed by atoms with Crippen LogP contribution in [0.25, 0.3) is 0 Å². The first-order valence-electron chi connectivity index (χ1n) is 5.58. The highest BCUT2D eigenvalue weighted by Gasteiger charge is 2.08. The normalized spacial score (nSPS) is 12.4. The zero-order valence-corrected chi connectivity index (χ0v) is 11.0. The lowest BCUT2D eigenvalue weighted by Gasteiger charge is -2.09. The summed E-state index contributed by atoms with van der Waals surface area (Å²) in [6.45, 7) is 3.80. The summed E-state index contributed by atoms with van der Waals surface area (Å²) in [5, 5.41) is 10.3. The van der Waals surface area contributed by atoms with E-state index in [0.29, 0.717) is 12.2 Å². The summed E-state index contributed by atoms with van der Waals surface area (Å²) in [6.07, 6.45) is 1.04. The van der Waals surface area contributed by atoms with Gasteiger partial charge >= 0.3 is 0 Å². The minimum atomic E-state index is -0.683. The zero-order chi connectivity index (χ0) is 13.1. The molecule has 5 heteroatoms. The fourth-order valence-electron chi connectivity index (χ4n) is 1.51. The van der Waals surface area contributed by atoms with E-state index in [1.165, 1.54) is 23.5 Å². The van der Waals surface area contributed by atoms with Crippen LogP contribution in [-0.4, -0.2) is 10.1 Å². The standard InChI is InChI=1S/C13H14FNO2S/c1-8(16)10-3-4-13(12(14)5-10)17-7-11-6-15-9(2)18-11/h3-6,8,16H,7H2,1-2H3/t8-/m0/s1. The fraction of sp³-hybridized carbons (Fsp3) is 0.308. The number of hydrogen-bond acceptors (Lipinski definition) is 4. The number of aliphatic hydroxyl groups is 1. The van der Waals surface area contributed by atoms with Gasteiger partial charge in [-0.05, 0) is 31.5 Å². The van der Waals surface area contributed by atoms with Crippen LogP contribution in [-0.2, 0) is 6.61 Å². The third-order valence-electron chi connectivity index (χ3n) is 2.48. The Morgan fingerprint density at radius 3 is 2.83 bits per heavy atom. The molecule has 0 aliphatic heterocycles. The Bertz CT molecular complexity index is 540. The topological polar surface area (TPSA) is 42.4 Å². The Balaban J connectivity index is 2.05. The van der Waals surface area contributed by atoms with Crippen molar-refractivity contribution >= 4 is 11.3 Å². The maximum absolute atomic E-state index is 13.7. The number of ether oxygens (including phenoxy) is 1. The van der Waals surface area contributed by atoms with E-state index in [0.717, 1.165) is 9.88 Å². The molecular formula is C13H14FNO2S. The van der Waals surface area contributed by atoms with E-state index in [9.17, 15) is 9.50 Å². The van der Waals surface area contributed by atoms with Gasteiger partial charge in [0.05, 0.1) is 16.0 Å². The highest BCUT2D eigenvalue weighted by Crippen LogP contribution is 2.23. The Morgan fingerprint density at radius 2 is 2.28 bits per heavy atom. The van der Waals surface area contributed by atoms with Gasteiger partial charge in [-0.1, -0.05) is 6.07 Å². The summed E-state index contributed by atoms with van der Waals surface area (Å²) in [4.78, 5) is 5.05. The number of rotatable bonds is 4. The maximum Gasteiger partial charge on any atom is 0.165 e. The predicted molar refractivity (Wildman–Crippen MR) is 68.2 cm³/mol. The molecule has 0 amide bonds. The summed E-state index contributed by atoms with van der Waals surface area (Å²) < 4.78 is 19.1. The van der Waals surface area contributed by atoms with Gasteiger partial charge in [0.15, 0.2) is 11.6 Å². The second kappa shape index (κ2) is 5.46. The van der Waals surface area contributed by atoms with Crippen molar-refractivity contribution in [1.82, 2.24) is 4.98 Å². The number of aromatic nitrogens is 1. The largest absolute Gasteiger partial charge is 0.485 e. The molecule has 0 saturated heterocycles. The molecule has 1 N–H and O–H groups in total. The molecule has 0 unspecified atom stereocenters. The number of aliphatic hydroxyl groups excluding tert-OH is 1. The van der Waals surface area contributed by atoms with Crippen molar-refractivity contribution in [1.29, 1.82) is 0 Å². The van der Waals surface area contributed by atoms with Gasteiger partial charge < -0.3 is 9.84 Å². The van der Waals surface area contributed by atoms with Crippen LogP contribution in [0, 0.1) is 12.7 Å². The molecule has 0 saturated carbocycles. The molecule has 3 nitrogen and oxygen atoms in total. The molecule has 0 bridgehead atoms. The predicted octanol–water partition coefficient (Wildman–Crippen LogP) is 3.22. The average Bonchev–Trinajstić information content (AvgIpc) is 2.73. The third-order valence-corrected chi connectivity index (χ3v) is 3.36.